The van der Waals surface area contributed by atoms with Gasteiger partial charge in [0, 0.05) is 17.8 Å². The lowest BCUT2D eigenvalue weighted by Crippen LogP contribution is -2.40. The molecule has 1 saturated carbocycles. The number of alkyl halides is 1. The topological polar surface area (TPSA) is 29.1 Å². The van der Waals surface area contributed by atoms with Gasteiger partial charge in [0.15, 0.2) is 0 Å². The molecule has 0 saturated heterocycles. The van der Waals surface area contributed by atoms with Crippen molar-refractivity contribution in [3.05, 3.63) is 0 Å². The highest BCUT2D eigenvalue weighted by molar-refractivity contribution is 6.17. The van der Waals surface area contributed by atoms with Gasteiger partial charge in [-0.2, -0.15) is 0 Å². The maximum Gasteiger partial charge on any atom is 0.223 e. The van der Waals surface area contributed by atoms with E-state index in [1.807, 2.05) is 6.92 Å². The quantitative estimate of drug-likeness (QED) is 0.741. The van der Waals surface area contributed by atoms with E-state index in [9.17, 15) is 4.79 Å². The molecule has 1 aliphatic rings. The van der Waals surface area contributed by atoms with Gasteiger partial charge in [-0.25, -0.2) is 0 Å². The van der Waals surface area contributed by atoms with E-state index in [0.717, 1.165) is 19.3 Å². The fourth-order valence-corrected chi connectivity index (χ4v) is 2.72. The van der Waals surface area contributed by atoms with E-state index in [2.05, 4.69) is 19.2 Å². The summed E-state index contributed by atoms with van der Waals surface area (Å²) >= 11 is 5.64. The van der Waals surface area contributed by atoms with Crippen LogP contribution in [0.3, 0.4) is 0 Å². The van der Waals surface area contributed by atoms with E-state index >= 15 is 0 Å². The Hall–Kier alpha value is -0.240. The number of carbonyl (C=O) groups is 1. The first kappa shape index (κ1) is 12.8. The molecule has 0 bridgehead atoms. The van der Waals surface area contributed by atoms with Crippen LogP contribution in [0.5, 0.6) is 0 Å². The van der Waals surface area contributed by atoms with Gasteiger partial charge in [-0.1, -0.05) is 20.3 Å². The maximum atomic E-state index is 12.0. The number of rotatable bonds is 4. The normalized spacial score (nSPS) is 26.3. The summed E-state index contributed by atoms with van der Waals surface area (Å²) in [6, 6.07) is 0.200. The number of halogens is 1. The van der Waals surface area contributed by atoms with Crippen molar-refractivity contribution in [1.82, 2.24) is 5.32 Å². The van der Waals surface area contributed by atoms with Crippen LogP contribution in [0.15, 0.2) is 0 Å². The first-order valence-corrected chi connectivity index (χ1v) is 6.37. The molecule has 0 aromatic heterocycles. The Morgan fingerprint density at radius 2 is 2.27 bits per heavy atom. The smallest absolute Gasteiger partial charge is 0.223 e. The zero-order chi connectivity index (χ0) is 11.5. The molecule has 1 rings (SSSR count). The molecule has 0 spiro atoms. The highest BCUT2D eigenvalue weighted by atomic mass is 35.5. The second-order valence-electron chi connectivity index (χ2n) is 5.32. The van der Waals surface area contributed by atoms with Crippen LogP contribution >= 0.6 is 11.6 Å². The Bertz CT molecular complexity index is 228. The van der Waals surface area contributed by atoms with E-state index in [-0.39, 0.29) is 23.3 Å². The van der Waals surface area contributed by atoms with E-state index in [0.29, 0.717) is 5.88 Å². The van der Waals surface area contributed by atoms with Crippen molar-refractivity contribution < 1.29 is 4.79 Å². The summed E-state index contributed by atoms with van der Waals surface area (Å²) < 4.78 is 0. The molecule has 0 aromatic carbocycles. The molecular weight excluding hydrogens is 210 g/mol. The van der Waals surface area contributed by atoms with Crippen molar-refractivity contribution in [2.75, 3.05) is 5.88 Å². The number of amides is 1. The van der Waals surface area contributed by atoms with Gasteiger partial charge in [-0.05, 0) is 31.6 Å². The second kappa shape index (κ2) is 5.20. The van der Waals surface area contributed by atoms with Gasteiger partial charge in [0.25, 0.3) is 0 Å². The van der Waals surface area contributed by atoms with Crippen molar-refractivity contribution in [2.45, 2.75) is 52.5 Å². The lowest BCUT2D eigenvalue weighted by Gasteiger charge is -2.27. The van der Waals surface area contributed by atoms with Gasteiger partial charge in [0.1, 0.15) is 0 Å². The molecule has 0 radical (unpaired) electrons. The third-order valence-electron chi connectivity index (χ3n) is 3.50. The number of nitrogens with one attached hydrogen (secondary N) is 1. The first-order chi connectivity index (χ1) is 6.97. The van der Waals surface area contributed by atoms with Crippen LogP contribution in [0.1, 0.15) is 46.5 Å². The molecule has 1 fully saturated rings. The van der Waals surface area contributed by atoms with Crippen LogP contribution in [-0.2, 0) is 4.79 Å². The maximum absolute atomic E-state index is 12.0. The largest absolute Gasteiger partial charge is 0.353 e. The molecule has 0 heterocycles. The molecule has 1 N–H and O–H groups in total. The van der Waals surface area contributed by atoms with Crippen molar-refractivity contribution >= 4 is 17.5 Å². The van der Waals surface area contributed by atoms with E-state index < -0.39 is 0 Å². The number of carbonyl (C=O) groups excluding carboxylic acids is 1. The lowest BCUT2D eigenvalue weighted by atomic mass is 9.81. The highest BCUT2D eigenvalue weighted by Crippen LogP contribution is 2.42. The summed E-state index contributed by atoms with van der Waals surface area (Å²) in [6.45, 7) is 6.40. The fraction of sp³-hybridized carbons (Fsp3) is 0.917. The predicted octanol–water partition coefficient (Wildman–Crippen LogP) is 2.95. The molecule has 0 aromatic rings. The lowest BCUT2D eigenvalue weighted by molar-refractivity contribution is -0.128. The summed E-state index contributed by atoms with van der Waals surface area (Å²) in [4.78, 5) is 12.0. The number of hydrogen-bond acceptors (Lipinski definition) is 1. The Kier molecular flexibility index (Phi) is 4.45. The summed E-state index contributed by atoms with van der Waals surface area (Å²) in [5, 5.41) is 3.05. The molecule has 0 aliphatic heterocycles. The van der Waals surface area contributed by atoms with Crippen LogP contribution in [0.25, 0.3) is 0 Å². The molecule has 2 nitrogen and oxygen atoms in total. The average molecular weight is 232 g/mol. The van der Waals surface area contributed by atoms with E-state index in [1.165, 1.54) is 6.42 Å². The SMILES string of the molecule is CC(CCCl)NC(=O)C1CCCC1(C)C. The van der Waals surface area contributed by atoms with Crippen molar-refractivity contribution in [1.29, 1.82) is 0 Å². The predicted molar refractivity (Wildman–Crippen MR) is 64.1 cm³/mol. The fourth-order valence-electron chi connectivity index (χ4n) is 2.39. The van der Waals surface area contributed by atoms with Crippen molar-refractivity contribution in [2.24, 2.45) is 11.3 Å². The number of hydrogen-bond donors (Lipinski definition) is 1. The summed E-state index contributed by atoms with van der Waals surface area (Å²) in [5.41, 5.74) is 0.171. The average Bonchev–Trinajstić information content (AvgIpc) is 2.45. The van der Waals surface area contributed by atoms with Gasteiger partial charge >= 0.3 is 0 Å². The molecule has 15 heavy (non-hydrogen) atoms. The van der Waals surface area contributed by atoms with Gasteiger partial charge < -0.3 is 5.32 Å². The third kappa shape index (κ3) is 3.37. The van der Waals surface area contributed by atoms with Gasteiger partial charge in [0.2, 0.25) is 5.91 Å². The molecule has 1 amide bonds. The van der Waals surface area contributed by atoms with Gasteiger partial charge in [-0.15, -0.1) is 11.6 Å². The zero-order valence-electron chi connectivity index (χ0n) is 9.98. The monoisotopic (exact) mass is 231 g/mol. The molecule has 1 aliphatic carbocycles. The summed E-state index contributed by atoms with van der Waals surface area (Å²) in [7, 11) is 0. The van der Waals surface area contributed by atoms with Crippen LogP contribution in [0.4, 0.5) is 0 Å². The summed E-state index contributed by atoms with van der Waals surface area (Å²) in [5.74, 6) is 1.01. The van der Waals surface area contributed by atoms with Gasteiger partial charge in [0.05, 0.1) is 0 Å². The second-order valence-corrected chi connectivity index (χ2v) is 5.70. The Labute approximate surface area is 97.8 Å². The first-order valence-electron chi connectivity index (χ1n) is 5.83. The van der Waals surface area contributed by atoms with Gasteiger partial charge in [-0.3, -0.25) is 4.79 Å². The van der Waals surface area contributed by atoms with Crippen molar-refractivity contribution in [3.8, 4) is 0 Å². The highest BCUT2D eigenvalue weighted by Gasteiger charge is 2.39. The molecule has 2 atom stereocenters. The van der Waals surface area contributed by atoms with E-state index in [4.69, 9.17) is 11.6 Å². The minimum atomic E-state index is 0.171. The zero-order valence-corrected chi connectivity index (χ0v) is 10.7. The van der Waals surface area contributed by atoms with Crippen LogP contribution in [-0.4, -0.2) is 17.8 Å². The molecule has 3 heteroatoms. The van der Waals surface area contributed by atoms with E-state index in [1.54, 1.807) is 0 Å². The molecule has 2 unspecified atom stereocenters. The van der Waals surface area contributed by atoms with Crippen molar-refractivity contribution in [3.63, 3.8) is 0 Å². The van der Waals surface area contributed by atoms with Crippen LogP contribution in [0, 0.1) is 11.3 Å². The third-order valence-corrected chi connectivity index (χ3v) is 3.72. The van der Waals surface area contributed by atoms with Crippen LogP contribution < -0.4 is 5.32 Å². The minimum Gasteiger partial charge on any atom is -0.353 e. The minimum absolute atomic E-state index is 0.171. The molecular formula is C12H22ClNO. The van der Waals surface area contributed by atoms with Crippen LogP contribution in [0.2, 0.25) is 0 Å². The summed E-state index contributed by atoms with van der Waals surface area (Å²) in [6.07, 6.45) is 4.22. The Morgan fingerprint density at radius 1 is 1.60 bits per heavy atom. The molecule has 88 valence electrons. The standard InChI is InChI=1S/C12H22ClNO/c1-9(6-8-13)14-11(15)10-5-4-7-12(10,2)3/h9-10H,4-8H2,1-3H3,(H,14,15). The Morgan fingerprint density at radius 3 is 2.73 bits per heavy atom. The Balaban J connectivity index is 2.46.